The fourth-order valence-electron chi connectivity index (χ4n) is 1.69. The Morgan fingerprint density at radius 3 is 2.78 bits per heavy atom. The molecule has 0 bridgehead atoms. The summed E-state index contributed by atoms with van der Waals surface area (Å²) < 4.78 is 0. The van der Waals surface area contributed by atoms with Gasteiger partial charge in [0.2, 0.25) is 0 Å². The number of nitrogens with zero attached hydrogens (tertiary/aromatic N) is 1. The first-order valence-corrected chi connectivity index (χ1v) is 6.41. The van der Waals surface area contributed by atoms with Crippen molar-refractivity contribution in [3.63, 3.8) is 0 Å². The molecule has 0 spiro atoms. The number of hydrogen-bond donors (Lipinski definition) is 2. The van der Waals surface area contributed by atoms with Crippen LogP contribution in [0.3, 0.4) is 0 Å². The number of hydrogen-bond acceptors (Lipinski definition) is 4. The van der Waals surface area contributed by atoms with Gasteiger partial charge in [-0.3, -0.25) is 5.41 Å². The second-order valence-electron chi connectivity index (χ2n) is 3.96. The second-order valence-corrected chi connectivity index (χ2v) is 5.27. The van der Waals surface area contributed by atoms with Crippen LogP contribution in [0.15, 0.2) is 37.0 Å². The van der Waals surface area contributed by atoms with Crippen LogP contribution in [0.25, 0.3) is 15.7 Å². The highest BCUT2D eigenvalue weighted by molar-refractivity contribution is 8.21. The Hall–Kier alpha value is -1.81. The van der Waals surface area contributed by atoms with Gasteiger partial charge in [-0.25, -0.2) is 4.98 Å². The minimum absolute atomic E-state index is 0.547. The number of aromatic nitrogens is 1. The zero-order valence-electron chi connectivity index (χ0n) is 10.4. The van der Waals surface area contributed by atoms with Crippen LogP contribution in [-0.4, -0.2) is 17.1 Å². The topological polar surface area (TPSA) is 48.8 Å². The van der Waals surface area contributed by atoms with Crippen LogP contribution >= 0.6 is 11.8 Å². The fraction of sp³-hybridized carbons (Fsp3) is 0.143. The molecule has 2 rings (SSSR count). The van der Waals surface area contributed by atoms with Crippen LogP contribution in [0.2, 0.25) is 0 Å². The van der Waals surface area contributed by atoms with Gasteiger partial charge in [-0.15, -0.1) is 0 Å². The molecule has 0 saturated carbocycles. The number of anilines is 1. The van der Waals surface area contributed by atoms with Gasteiger partial charge in [-0.2, -0.15) is 0 Å². The number of thioether (sulfide) groups is 1. The Bertz CT molecular complexity index is 619. The quantitative estimate of drug-likeness (QED) is 0.646. The van der Waals surface area contributed by atoms with Gasteiger partial charge in [0.1, 0.15) is 5.82 Å². The van der Waals surface area contributed by atoms with E-state index in [4.69, 9.17) is 5.41 Å². The van der Waals surface area contributed by atoms with Gasteiger partial charge in [-0.05, 0) is 30.0 Å². The molecule has 1 heterocycles. The number of benzene rings is 1. The lowest BCUT2D eigenvalue weighted by molar-refractivity contribution is 1.31. The maximum atomic E-state index is 7.48. The molecule has 1 aromatic carbocycles. The number of rotatable bonds is 3. The minimum atomic E-state index is 0.547. The van der Waals surface area contributed by atoms with E-state index in [1.807, 2.05) is 31.4 Å². The first kappa shape index (κ1) is 12.6. The Morgan fingerprint density at radius 1 is 1.33 bits per heavy atom. The average molecular weight is 257 g/mol. The third-order valence-corrected chi connectivity index (χ3v) is 3.36. The van der Waals surface area contributed by atoms with Gasteiger partial charge >= 0.3 is 0 Å². The molecule has 0 unspecified atom stereocenters. The van der Waals surface area contributed by atoms with Gasteiger partial charge in [0.25, 0.3) is 0 Å². The Labute approximate surface area is 111 Å². The molecular formula is C14H15N3S. The van der Waals surface area contributed by atoms with Crippen LogP contribution in [-0.2, 0) is 0 Å². The standard InChI is InChI=1S/C14H15N3S/c1-9(18-10(2)15)11-4-5-12-8-17-14(16-3)7-13(12)6-11/h4-8,15H,1H2,2-3H3,(H,16,17). The van der Waals surface area contributed by atoms with E-state index in [1.165, 1.54) is 11.8 Å². The molecule has 3 nitrogen and oxygen atoms in total. The molecule has 18 heavy (non-hydrogen) atoms. The highest BCUT2D eigenvalue weighted by atomic mass is 32.2. The molecule has 0 aliphatic heterocycles. The number of nitrogens with one attached hydrogen (secondary N) is 2. The molecule has 4 heteroatoms. The third-order valence-electron chi connectivity index (χ3n) is 2.58. The van der Waals surface area contributed by atoms with Gasteiger partial charge in [0, 0.05) is 23.5 Å². The van der Waals surface area contributed by atoms with Crippen molar-refractivity contribution < 1.29 is 0 Å². The molecule has 0 aliphatic carbocycles. The molecule has 92 valence electrons. The number of fused-ring (bicyclic) bond motifs is 1. The third kappa shape index (κ3) is 2.71. The maximum absolute atomic E-state index is 7.48. The molecule has 2 aromatic rings. The van der Waals surface area contributed by atoms with Crippen LogP contribution in [0.1, 0.15) is 12.5 Å². The summed E-state index contributed by atoms with van der Waals surface area (Å²) >= 11 is 1.38. The number of pyridine rings is 1. The fourth-order valence-corrected chi connectivity index (χ4v) is 2.31. The predicted molar refractivity (Wildman–Crippen MR) is 81.3 cm³/mol. The van der Waals surface area contributed by atoms with Crippen LogP contribution in [0.5, 0.6) is 0 Å². The van der Waals surface area contributed by atoms with Gasteiger partial charge in [0.15, 0.2) is 0 Å². The molecule has 0 saturated heterocycles. The highest BCUT2D eigenvalue weighted by Gasteiger charge is 2.03. The van der Waals surface area contributed by atoms with Gasteiger partial charge in [0.05, 0.1) is 5.04 Å². The van der Waals surface area contributed by atoms with Gasteiger partial charge < -0.3 is 5.32 Å². The lowest BCUT2D eigenvalue weighted by Crippen LogP contribution is -1.91. The van der Waals surface area contributed by atoms with Crippen LogP contribution in [0.4, 0.5) is 5.82 Å². The van der Waals surface area contributed by atoms with Crippen molar-refractivity contribution in [2.75, 3.05) is 12.4 Å². The van der Waals surface area contributed by atoms with E-state index in [2.05, 4.69) is 22.9 Å². The van der Waals surface area contributed by atoms with Crippen molar-refractivity contribution in [3.05, 3.63) is 42.6 Å². The smallest absolute Gasteiger partial charge is 0.126 e. The first-order valence-electron chi connectivity index (χ1n) is 5.60. The van der Waals surface area contributed by atoms with E-state index >= 15 is 0 Å². The molecule has 0 atom stereocenters. The minimum Gasteiger partial charge on any atom is -0.373 e. The summed E-state index contributed by atoms with van der Waals surface area (Å²) in [6.07, 6.45) is 1.85. The SMILES string of the molecule is C=C(SC(C)=N)c1ccc2cnc(NC)cc2c1. The maximum Gasteiger partial charge on any atom is 0.126 e. The van der Waals surface area contributed by atoms with Crippen LogP contribution in [0, 0.1) is 5.41 Å². The van der Waals surface area contributed by atoms with E-state index in [0.717, 1.165) is 27.1 Å². The van der Waals surface area contributed by atoms with Crippen molar-refractivity contribution >= 4 is 38.3 Å². The normalized spacial score (nSPS) is 10.3. The molecule has 2 N–H and O–H groups in total. The average Bonchev–Trinajstić information content (AvgIpc) is 2.36. The molecule has 1 aromatic heterocycles. The zero-order valence-corrected chi connectivity index (χ0v) is 11.3. The van der Waals surface area contributed by atoms with E-state index in [0.29, 0.717) is 5.04 Å². The Balaban J connectivity index is 2.42. The summed E-state index contributed by atoms with van der Waals surface area (Å²) in [5.74, 6) is 0.848. The molecule has 0 fully saturated rings. The largest absolute Gasteiger partial charge is 0.373 e. The van der Waals surface area contributed by atoms with E-state index in [1.54, 1.807) is 6.92 Å². The summed E-state index contributed by atoms with van der Waals surface area (Å²) in [4.78, 5) is 5.17. The van der Waals surface area contributed by atoms with Crippen molar-refractivity contribution in [3.8, 4) is 0 Å². The lowest BCUT2D eigenvalue weighted by atomic mass is 10.1. The summed E-state index contributed by atoms with van der Waals surface area (Å²) in [5.41, 5.74) is 1.05. The summed E-state index contributed by atoms with van der Waals surface area (Å²) in [6, 6.07) is 8.13. The summed E-state index contributed by atoms with van der Waals surface area (Å²) in [5, 5.41) is 13.3. The first-order chi connectivity index (χ1) is 8.60. The monoisotopic (exact) mass is 257 g/mol. The molecular weight excluding hydrogens is 242 g/mol. The van der Waals surface area contributed by atoms with Crippen molar-refractivity contribution in [2.45, 2.75) is 6.92 Å². The molecule has 0 aliphatic rings. The van der Waals surface area contributed by atoms with Crippen LogP contribution < -0.4 is 5.32 Å². The predicted octanol–water partition coefficient (Wildman–Crippen LogP) is 3.98. The van der Waals surface area contributed by atoms with Crippen molar-refractivity contribution in [1.82, 2.24) is 4.98 Å². The summed E-state index contributed by atoms with van der Waals surface area (Å²) in [6.45, 7) is 5.77. The van der Waals surface area contributed by atoms with E-state index in [9.17, 15) is 0 Å². The molecule has 0 amide bonds. The molecule has 0 radical (unpaired) electrons. The zero-order chi connectivity index (χ0) is 13.1. The highest BCUT2D eigenvalue weighted by Crippen LogP contribution is 2.29. The van der Waals surface area contributed by atoms with Crippen molar-refractivity contribution in [2.24, 2.45) is 0 Å². The van der Waals surface area contributed by atoms with Gasteiger partial charge in [-0.1, -0.05) is 30.5 Å². The van der Waals surface area contributed by atoms with E-state index in [-0.39, 0.29) is 0 Å². The van der Waals surface area contributed by atoms with Crippen molar-refractivity contribution in [1.29, 1.82) is 5.41 Å². The Kier molecular flexibility index (Phi) is 3.67. The van der Waals surface area contributed by atoms with E-state index < -0.39 is 0 Å². The summed E-state index contributed by atoms with van der Waals surface area (Å²) in [7, 11) is 1.85. The lowest BCUT2D eigenvalue weighted by Gasteiger charge is -2.07. The Morgan fingerprint density at radius 2 is 2.11 bits per heavy atom. The second kappa shape index (κ2) is 5.23.